The van der Waals surface area contributed by atoms with Gasteiger partial charge in [-0.2, -0.15) is 0 Å². The SMILES string of the molecule is C.CCCCCCc1ccc(N2C(=O)CSC2CCCc2ccc(C(=O)O)s2)cc1. The van der Waals surface area contributed by atoms with Gasteiger partial charge < -0.3 is 5.11 Å². The van der Waals surface area contributed by atoms with E-state index >= 15 is 0 Å². The van der Waals surface area contributed by atoms with Gasteiger partial charge in [0.2, 0.25) is 5.91 Å². The van der Waals surface area contributed by atoms with Gasteiger partial charge in [-0.3, -0.25) is 9.69 Å². The molecule has 1 amide bonds. The van der Waals surface area contributed by atoms with Gasteiger partial charge in [-0.15, -0.1) is 23.1 Å². The lowest BCUT2D eigenvalue weighted by atomic mass is 10.1. The van der Waals surface area contributed by atoms with Crippen molar-refractivity contribution in [3.05, 3.63) is 51.7 Å². The van der Waals surface area contributed by atoms with Crippen LogP contribution in [0.3, 0.4) is 0 Å². The normalized spacial score (nSPS) is 16.0. The first-order valence-corrected chi connectivity index (χ1v) is 12.3. The highest BCUT2D eigenvalue weighted by molar-refractivity contribution is 8.01. The molecule has 164 valence electrons. The molecule has 0 aliphatic carbocycles. The number of carbonyl (C=O) groups is 2. The Morgan fingerprint density at radius 3 is 2.50 bits per heavy atom. The van der Waals surface area contributed by atoms with E-state index in [1.807, 2.05) is 11.0 Å². The summed E-state index contributed by atoms with van der Waals surface area (Å²) in [5.74, 6) is -0.149. The first-order valence-electron chi connectivity index (χ1n) is 10.4. The molecule has 30 heavy (non-hydrogen) atoms. The van der Waals surface area contributed by atoms with E-state index in [0.29, 0.717) is 10.6 Å². The van der Waals surface area contributed by atoms with E-state index in [1.54, 1.807) is 17.8 Å². The Labute approximate surface area is 188 Å². The van der Waals surface area contributed by atoms with Gasteiger partial charge in [0.25, 0.3) is 0 Å². The van der Waals surface area contributed by atoms with E-state index in [1.165, 1.54) is 42.6 Å². The van der Waals surface area contributed by atoms with Crippen LogP contribution in [0.1, 0.15) is 73.0 Å². The molecule has 1 unspecified atom stereocenters. The second-order valence-corrected chi connectivity index (χ2v) is 9.80. The van der Waals surface area contributed by atoms with Crippen LogP contribution in [0.4, 0.5) is 5.69 Å². The topological polar surface area (TPSA) is 57.6 Å². The van der Waals surface area contributed by atoms with Crippen molar-refractivity contribution < 1.29 is 14.7 Å². The van der Waals surface area contributed by atoms with Crippen LogP contribution in [0.2, 0.25) is 0 Å². The van der Waals surface area contributed by atoms with E-state index in [0.717, 1.165) is 36.2 Å². The minimum absolute atomic E-state index is 0. The van der Waals surface area contributed by atoms with E-state index in [-0.39, 0.29) is 18.7 Å². The standard InChI is InChI=1S/C23H29NO3S2.CH4/c1-2-3-4-5-7-17-10-12-18(13-11-17)24-21(25)16-28-22(24)9-6-8-19-14-15-20(29-19)23(26)27;/h10-15,22H,2-9,16H2,1H3,(H,26,27);1H4. The van der Waals surface area contributed by atoms with E-state index in [9.17, 15) is 9.59 Å². The molecular weight excluding hydrogens is 414 g/mol. The lowest BCUT2D eigenvalue weighted by Gasteiger charge is -2.24. The molecule has 3 rings (SSSR count). The van der Waals surface area contributed by atoms with Crippen molar-refractivity contribution >= 4 is 40.7 Å². The van der Waals surface area contributed by atoms with Crippen molar-refractivity contribution in [2.24, 2.45) is 0 Å². The molecule has 2 heterocycles. The molecule has 1 aliphatic heterocycles. The van der Waals surface area contributed by atoms with Crippen LogP contribution in [0.15, 0.2) is 36.4 Å². The fraction of sp³-hybridized carbons (Fsp3) is 0.500. The number of carboxylic acids is 1. The number of carbonyl (C=O) groups excluding carboxylic acids is 1. The second-order valence-electron chi connectivity index (χ2n) is 7.47. The highest BCUT2D eigenvalue weighted by Gasteiger charge is 2.32. The molecule has 2 aromatic rings. The van der Waals surface area contributed by atoms with Gasteiger partial charge in [-0.1, -0.05) is 45.7 Å². The summed E-state index contributed by atoms with van der Waals surface area (Å²) in [6, 6.07) is 12.1. The minimum atomic E-state index is -0.863. The maximum atomic E-state index is 12.5. The van der Waals surface area contributed by atoms with Crippen molar-refractivity contribution in [2.45, 2.75) is 71.1 Å². The van der Waals surface area contributed by atoms with Crippen molar-refractivity contribution in [1.82, 2.24) is 0 Å². The number of rotatable bonds is 11. The average molecular weight is 448 g/mol. The third-order valence-corrected chi connectivity index (χ3v) is 7.61. The van der Waals surface area contributed by atoms with Gasteiger partial charge in [0.1, 0.15) is 4.88 Å². The maximum absolute atomic E-state index is 12.5. The molecule has 1 saturated heterocycles. The van der Waals surface area contributed by atoms with E-state index in [2.05, 4.69) is 31.2 Å². The Morgan fingerprint density at radius 1 is 1.07 bits per heavy atom. The molecule has 1 atom stereocenters. The van der Waals surface area contributed by atoms with Gasteiger partial charge in [0.05, 0.1) is 11.1 Å². The van der Waals surface area contributed by atoms with Crippen LogP contribution in [0.5, 0.6) is 0 Å². The Kier molecular flexibility index (Phi) is 9.92. The number of thiophene rings is 1. The predicted molar refractivity (Wildman–Crippen MR) is 129 cm³/mol. The molecule has 1 aliphatic rings. The summed E-state index contributed by atoms with van der Waals surface area (Å²) < 4.78 is 0. The predicted octanol–water partition coefficient (Wildman–Crippen LogP) is 6.63. The number of hydrogen-bond donors (Lipinski definition) is 1. The minimum Gasteiger partial charge on any atom is -0.477 e. The summed E-state index contributed by atoms with van der Waals surface area (Å²) in [7, 11) is 0. The van der Waals surface area contributed by atoms with Crippen LogP contribution in [0, 0.1) is 0 Å². The first kappa shape index (κ1) is 24.5. The second kappa shape index (κ2) is 12.2. The number of thioether (sulfide) groups is 1. The first-order chi connectivity index (χ1) is 14.1. The number of hydrogen-bond acceptors (Lipinski definition) is 4. The average Bonchev–Trinajstić information content (AvgIpc) is 3.33. The monoisotopic (exact) mass is 447 g/mol. The Hall–Kier alpha value is -1.79. The number of unbranched alkanes of at least 4 members (excludes halogenated alkanes) is 3. The molecule has 1 aromatic heterocycles. The van der Waals surface area contributed by atoms with Crippen molar-refractivity contribution in [2.75, 3.05) is 10.7 Å². The third kappa shape index (κ3) is 6.61. The fourth-order valence-electron chi connectivity index (χ4n) is 3.65. The molecule has 1 N–H and O–H groups in total. The van der Waals surface area contributed by atoms with Gasteiger partial charge in [0, 0.05) is 10.6 Å². The van der Waals surface area contributed by atoms with Gasteiger partial charge in [-0.05, 0) is 61.9 Å². The molecule has 1 aromatic carbocycles. The summed E-state index contributed by atoms with van der Waals surface area (Å²) in [6.45, 7) is 2.23. The van der Waals surface area contributed by atoms with Crippen LogP contribution in [0.25, 0.3) is 0 Å². The summed E-state index contributed by atoms with van der Waals surface area (Å²) in [6.07, 6.45) is 8.86. The van der Waals surface area contributed by atoms with Crippen molar-refractivity contribution in [3.63, 3.8) is 0 Å². The third-order valence-electron chi connectivity index (χ3n) is 5.24. The van der Waals surface area contributed by atoms with Crippen LogP contribution in [-0.2, 0) is 17.6 Å². The highest BCUT2D eigenvalue weighted by Crippen LogP contribution is 2.34. The summed E-state index contributed by atoms with van der Waals surface area (Å²) in [5, 5.41) is 9.20. The molecular formula is C24H33NO3S2. The highest BCUT2D eigenvalue weighted by atomic mass is 32.2. The van der Waals surface area contributed by atoms with E-state index in [4.69, 9.17) is 5.11 Å². The molecule has 0 bridgehead atoms. The zero-order chi connectivity index (χ0) is 20.6. The molecule has 6 heteroatoms. The maximum Gasteiger partial charge on any atom is 0.345 e. The zero-order valence-corrected chi connectivity index (χ0v) is 18.6. The number of benzene rings is 1. The summed E-state index contributed by atoms with van der Waals surface area (Å²) >= 11 is 3.05. The molecule has 0 spiro atoms. The van der Waals surface area contributed by atoms with Crippen LogP contribution >= 0.6 is 23.1 Å². The number of amides is 1. The molecule has 4 nitrogen and oxygen atoms in total. The van der Waals surface area contributed by atoms with E-state index < -0.39 is 5.97 Å². The largest absolute Gasteiger partial charge is 0.477 e. The zero-order valence-electron chi connectivity index (χ0n) is 16.9. The number of anilines is 1. The van der Waals surface area contributed by atoms with Gasteiger partial charge in [-0.25, -0.2) is 4.79 Å². The smallest absolute Gasteiger partial charge is 0.345 e. The Bertz CT molecular complexity index is 816. The van der Waals surface area contributed by atoms with Gasteiger partial charge in [0.15, 0.2) is 0 Å². The lowest BCUT2D eigenvalue weighted by molar-refractivity contribution is -0.115. The Balaban J connectivity index is 0.00000320. The summed E-state index contributed by atoms with van der Waals surface area (Å²) in [4.78, 5) is 26.9. The summed E-state index contributed by atoms with van der Waals surface area (Å²) in [5.41, 5.74) is 2.33. The molecule has 0 saturated carbocycles. The molecule has 1 fully saturated rings. The number of nitrogens with zero attached hydrogens (tertiary/aromatic N) is 1. The fourth-order valence-corrected chi connectivity index (χ4v) is 5.74. The van der Waals surface area contributed by atoms with Crippen molar-refractivity contribution in [3.8, 4) is 0 Å². The number of aromatic carboxylic acids is 1. The lowest BCUT2D eigenvalue weighted by Crippen LogP contribution is -2.32. The van der Waals surface area contributed by atoms with Crippen LogP contribution in [-0.4, -0.2) is 28.1 Å². The quantitative estimate of drug-likeness (QED) is 0.393. The number of carboxylic acid groups (broad SMARTS) is 1. The van der Waals surface area contributed by atoms with Crippen molar-refractivity contribution in [1.29, 1.82) is 0 Å². The Morgan fingerprint density at radius 2 is 1.83 bits per heavy atom. The van der Waals surface area contributed by atoms with Gasteiger partial charge >= 0.3 is 5.97 Å². The number of aryl methyl sites for hydroxylation is 2. The molecule has 0 radical (unpaired) electrons. The van der Waals surface area contributed by atoms with Crippen LogP contribution < -0.4 is 4.90 Å².